The van der Waals surface area contributed by atoms with Crippen molar-refractivity contribution in [2.24, 2.45) is 29.6 Å². The molecule has 0 spiro atoms. The van der Waals surface area contributed by atoms with Crippen molar-refractivity contribution in [3.63, 3.8) is 0 Å². The van der Waals surface area contributed by atoms with E-state index in [1.807, 2.05) is 0 Å². The molecule has 0 atom stereocenters. The second-order valence-corrected chi connectivity index (χ2v) is 11.5. The van der Waals surface area contributed by atoms with Gasteiger partial charge in [0, 0.05) is 0 Å². The SMILES string of the molecule is C=CCC[C@H]1CC[C@H]([C@H]2CC[C@H](C3CCC(c4ccc(CCCF)cc4)CC3)CC2)CC1. The summed E-state index contributed by atoms with van der Waals surface area (Å²) >= 11 is 0. The minimum atomic E-state index is -0.203. The molecule has 0 N–H and O–H groups in total. The minimum absolute atomic E-state index is 0.203. The summed E-state index contributed by atoms with van der Waals surface area (Å²) in [5.41, 5.74) is 2.82. The summed E-state index contributed by atoms with van der Waals surface area (Å²) in [4.78, 5) is 0. The fraction of sp³-hybridized carbons (Fsp3) is 0.742. The molecular weight excluding hydrogens is 391 g/mol. The topological polar surface area (TPSA) is 0 Å². The number of rotatable bonds is 9. The molecule has 0 aromatic heterocycles. The van der Waals surface area contributed by atoms with Crippen LogP contribution in [-0.2, 0) is 6.42 Å². The first kappa shape index (κ1) is 24.0. The smallest absolute Gasteiger partial charge is 0.0897 e. The molecule has 0 amide bonds. The van der Waals surface area contributed by atoms with Gasteiger partial charge < -0.3 is 0 Å². The molecule has 32 heavy (non-hydrogen) atoms. The van der Waals surface area contributed by atoms with Gasteiger partial charge in [-0.1, -0.05) is 43.2 Å². The summed E-state index contributed by atoms with van der Waals surface area (Å²) in [7, 11) is 0. The zero-order valence-corrected chi connectivity index (χ0v) is 20.5. The Hall–Kier alpha value is -1.11. The maximum absolute atomic E-state index is 12.4. The van der Waals surface area contributed by atoms with Gasteiger partial charge in [-0.15, -0.1) is 6.58 Å². The highest BCUT2D eigenvalue weighted by atomic mass is 19.1. The van der Waals surface area contributed by atoms with Crippen LogP contribution in [0.25, 0.3) is 0 Å². The Balaban J connectivity index is 1.16. The maximum atomic E-state index is 12.4. The van der Waals surface area contributed by atoms with E-state index in [-0.39, 0.29) is 6.67 Å². The largest absolute Gasteiger partial charge is 0.251 e. The van der Waals surface area contributed by atoms with Gasteiger partial charge in [-0.05, 0) is 137 Å². The molecule has 3 aliphatic rings. The lowest BCUT2D eigenvalue weighted by Gasteiger charge is -2.41. The molecule has 0 saturated heterocycles. The average molecular weight is 439 g/mol. The molecule has 0 bridgehead atoms. The van der Waals surface area contributed by atoms with E-state index in [0.717, 1.165) is 41.9 Å². The van der Waals surface area contributed by atoms with E-state index < -0.39 is 0 Å². The zero-order valence-electron chi connectivity index (χ0n) is 20.5. The lowest BCUT2D eigenvalue weighted by Crippen LogP contribution is -2.29. The number of alkyl halides is 1. The van der Waals surface area contributed by atoms with Gasteiger partial charge >= 0.3 is 0 Å². The van der Waals surface area contributed by atoms with Crippen molar-refractivity contribution >= 4 is 0 Å². The van der Waals surface area contributed by atoms with Gasteiger partial charge in [0.1, 0.15) is 0 Å². The molecule has 0 unspecified atom stereocenters. The molecule has 0 radical (unpaired) electrons. The molecular formula is C31H47F. The number of benzene rings is 1. The highest BCUT2D eigenvalue weighted by molar-refractivity contribution is 5.26. The van der Waals surface area contributed by atoms with Crippen molar-refractivity contribution in [3.8, 4) is 0 Å². The van der Waals surface area contributed by atoms with E-state index in [2.05, 4.69) is 36.9 Å². The van der Waals surface area contributed by atoms with Crippen LogP contribution in [0.15, 0.2) is 36.9 Å². The summed E-state index contributed by atoms with van der Waals surface area (Å²) in [5.74, 6) is 5.83. The monoisotopic (exact) mass is 438 g/mol. The standard InChI is InChI=1S/C31H47F/c1-2-3-5-24-7-11-26(12-8-24)28-15-19-30(20-16-28)31-21-17-29(18-22-31)27-13-9-25(10-14-27)6-4-23-32/h2,9-10,13-14,24,26,28-31H,1,3-8,11-12,15-23H2/t24-,26-,28-,29?,30-,31?. The summed E-state index contributed by atoms with van der Waals surface area (Å²) < 4.78 is 12.4. The van der Waals surface area contributed by atoms with Crippen molar-refractivity contribution in [3.05, 3.63) is 48.0 Å². The van der Waals surface area contributed by atoms with Crippen molar-refractivity contribution in [2.75, 3.05) is 6.67 Å². The van der Waals surface area contributed by atoms with Gasteiger partial charge in [-0.25, -0.2) is 0 Å². The molecule has 3 fully saturated rings. The molecule has 0 nitrogen and oxygen atoms in total. The Kier molecular flexibility index (Phi) is 9.30. The van der Waals surface area contributed by atoms with E-state index in [4.69, 9.17) is 0 Å². The fourth-order valence-corrected chi connectivity index (χ4v) is 7.54. The number of hydrogen-bond acceptors (Lipinski definition) is 0. The molecule has 3 aliphatic carbocycles. The van der Waals surface area contributed by atoms with E-state index >= 15 is 0 Å². The summed E-state index contributed by atoms with van der Waals surface area (Å²) in [6.45, 7) is 3.70. The summed E-state index contributed by atoms with van der Waals surface area (Å²) in [5, 5.41) is 0. The molecule has 3 saturated carbocycles. The molecule has 0 heterocycles. The first-order valence-corrected chi connectivity index (χ1v) is 14.0. The molecule has 4 rings (SSSR count). The van der Waals surface area contributed by atoms with Gasteiger partial charge in [0.2, 0.25) is 0 Å². The number of aryl methyl sites for hydroxylation is 1. The van der Waals surface area contributed by atoms with Crippen LogP contribution in [0, 0.1) is 29.6 Å². The van der Waals surface area contributed by atoms with Crippen LogP contribution in [0.1, 0.15) is 113 Å². The van der Waals surface area contributed by atoms with Gasteiger partial charge in [0.25, 0.3) is 0 Å². The van der Waals surface area contributed by atoms with Crippen LogP contribution in [-0.4, -0.2) is 6.67 Å². The third-order valence-electron chi connectivity index (χ3n) is 9.64. The molecule has 1 aromatic carbocycles. The second kappa shape index (κ2) is 12.4. The first-order chi connectivity index (χ1) is 15.8. The highest BCUT2D eigenvalue weighted by Crippen LogP contribution is 2.47. The van der Waals surface area contributed by atoms with Crippen LogP contribution in [0.2, 0.25) is 0 Å². The minimum Gasteiger partial charge on any atom is -0.251 e. The number of halogens is 1. The van der Waals surface area contributed by atoms with Crippen LogP contribution in [0.5, 0.6) is 0 Å². The Morgan fingerprint density at radius 2 is 1.22 bits per heavy atom. The van der Waals surface area contributed by atoms with Crippen LogP contribution in [0.4, 0.5) is 4.39 Å². The fourth-order valence-electron chi connectivity index (χ4n) is 7.54. The van der Waals surface area contributed by atoms with Crippen molar-refractivity contribution in [1.82, 2.24) is 0 Å². The van der Waals surface area contributed by atoms with E-state index in [1.54, 1.807) is 0 Å². The normalized spacial score (nSPS) is 33.7. The summed E-state index contributed by atoms with van der Waals surface area (Å²) in [6, 6.07) is 9.14. The van der Waals surface area contributed by atoms with Crippen molar-refractivity contribution < 1.29 is 4.39 Å². The third kappa shape index (κ3) is 6.48. The van der Waals surface area contributed by atoms with Crippen molar-refractivity contribution in [1.29, 1.82) is 0 Å². The lowest BCUT2D eigenvalue weighted by molar-refractivity contribution is 0.109. The Bertz CT molecular complexity index is 652. The predicted octanol–water partition coefficient (Wildman–Crippen LogP) is 9.44. The molecule has 178 valence electrons. The number of hydrogen-bond donors (Lipinski definition) is 0. The third-order valence-corrected chi connectivity index (χ3v) is 9.64. The molecule has 1 aromatic rings. The zero-order chi connectivity index (χ0) is 22.2. The Morgan fingerprint density at radius 3 is 1.72 bits per heavy atom. The second-order valence-electron chi connectivity index (χ2n) is 11.5. The van der Waals surface area contributed by atoms with Gasteiger partial charge in [-0.3, -0.25) is 4.39 Å². The Morgan fingerprint density at radius 1 is 0.719 bits per heavy atom. The van der Waals surface area contributed by atoms with Gasteiger partial charge in [-0.2, -0.15) is 0 Å². The van der Waals surface area contributed by atoms with Crippen molar-refractivity contribution in [2.45, 2.75) is 109 Å². The molecule has 1 heteroatoms. The average Bonchev–Trinajstić information content (AvgIpc) is 2.87. The Labute approximate surface area is 197 Å². The van der Waals surface area contributed by atoms with Crippen LogP contribution >= 0.6 is 0 Å². The summed E-state index contributed by atoms with van der Waals surface area (Å²) in [6.07, 6.45) is 23.9. The van der Waals surface area contributed by atoms with Crippen LogP contribution in [0.3, 0.4) is 0 Å². The first-order valence-electron chi connectivity index (χ1n) is 14.0. The van der Waals surface area contributed by atoms with E-state index in [0.29, 0.717) is 6.42 Å². The highest BCUT2D eigenvalue weighted by Gasteiger charge is 2.34. The molecule has 0 aliphatic heterocycles. The van der Waals surface area contributed by atoms with Gasteiger partial charge in [0.15, 0.2) is 0 Å². The quantitative estimate of drug-likeness (QED) is 0.337. The predicted molar refractivity (Wildman–Crippen MR) is 136 cm³/mol. The van der Waals surface area contributed by atoms with Gasteiger partial charge in [0.05, 0.1) is 6.67 Å². The number of allylic oxidation sites excluding steroid dienone is 1. The maximum Gasteiger partial charge on any atom is 0.0897 e. The van der Waals surface area contributed by atoms with E-state index in [9.17, 15) is 4.39 Å². The van der Waals surface area contributed by atoms with Crippen LogP contribution < -0.4 is 0 Å². The lowest BCUT2D eigenvalue weighted by atomic mass is 9.64. The van der Waals surface area contributed by atoms with E-state index in [1.165, 1.54) is 101 Å².